The Bertz CT molecular complexity index is 509. The molecule has 0 saturated heterocycles. The van der Waals surface area contributed by atoms with Crippen molar-refractivity contribution in [2.75, 3.05) is 5.73 Å². The van der Waals surface area contributed by atoms with E-state index in [9.17, 15) is 5.11 Å². The monoisotopic (exact) mass is 227 g/mol. The molecule has 0 aliphatic rings. The maximum absolute atomic E-state index is 10.2. The van der Waals surface area contributed by atoms with E-state index in [4.69, 9.17) is 5.73 Å². The van der Waals surface area contributed by atoms with E-state index in [-0.39, 0.29) is 0 Å². The van der Waals surface area contributed by atoms with Gasteiger partial charge in [0.25, 0.3) is 0 Å². The van der Waals surface area contributed by atoms with Crippen LogP contribution < -0.4 is 5.73 Å². The summed E-state index contributed by atoms with van der Waals surface area (Å²) in [5, 5.41) is 10.2. The maximum Gasteiger partial charge on any atom is 0.0846 e. The fraction of sp³-hybridized carbons (Fsp3) is 0.200. The van der Waals surface area contributed by atoms with Crippen molar-refractivity contribution in [1.82, 2.24) is 0 Å². The van der Waals surface area contributed by atoms with Crippen LogP contribution in [0, 0.1) is 0 Å². The molecule has 0 amide bonds. The predicted molar refractivity (Wildman–Crippen MR) is 71.5 cm³/mol. The largest absolute Gasteiger partial charge is 0.399 e. The molecule has 2 nitrogen and oxygen atoms in total. The average molecular weight is 227 g/mol. The topological polar surface area (TPSA) is 46.2 Å². The van der Waals surface area contributed by atoms with Crippen LogP contribution in [0.2, 0.25) is 0 Å². The van der Waals surface area contributed by atoms with Gasteiger partial charge in [-0.3, -0.25) is 0 Å². The van der Waals surface area contributed by atoms with Crippen LogP contribution in [0.5, 0.6) is 0 Å². The van der Waals surface area contributed by atoms with Crippen LogP contribution in [0.1, 0.15) is 19.4 Å². The zero-order valence-electron chi connectivity index (χ0n) is 10.1. The van der Waals surface area contributed by atoms with Crippen LogP contribution in [-0.2, 0) is 5.60 Å². The van der Waals surface area contributed by atoms with Crippen LogP contribution in [0.15, 0.2) is 48.5 Å². The van der Waals surface area contributed by atoms with Gasteiger partial charge in [0, 0.05) is 5.69 Å². The summed E-state index contributed by atoms with van der Waals surface area (Å²) in [7, 11) is 0. The lowest BCUT2D eigenvalue weighted by Crippen LogP contribution is -2.16. The fourth-order valence-electron chi connectivity index (χ4n) is 1.93. The standard InChI is InChI=1S/C15H17NO/c1-15(2,17)14-6-4-3-5-13(14)11-7-9-12(16)10-8-11/h3-10,17H,16H2,1-2H3. The molecule has 3 N–H and O–H groups in total. The van der Waals surface area contributed by atoms with Gasteiger partial charge in [-0.25, -0.2) is 0 Å². The van der Waals surface area contributed by atoms with Gasteiger partial charge in [-0.1, -0.05) is 36.4 Å². The minimum atomic E-state index is -0.849. The molecule has 2 rings (SSSR count). The molecule has 88 valence electrons. The van der Waals surface area contributed by atoms with Crippen LogP contribution >= 0.6 is 0 Å². The van der Waals surface area contributed by atoms with Gasteiger partial charge >= 0.3 is 0 Å². The van der Waals surface area contributed by atoms with Gasteiger partial charge in [0.1, 0.15) is 0 Å². The molecule has 2 aromatic carbocycles. The van der Waals surface area contributed by atoms with Crippen LogP contribution in [0.4, 0.5) is 5.69 Å². The number of rotatable bonds is 2. The maximum atomic E-state index is 10.2. The summed E-state index contributed by atoms with van der Waals surface area (Å²) in [6.45, 7) is 3.59. The number of benzene rings is 2. The second-order valence-corrected chi connectivity index (χ2v) is 4.73. The Labute approximate surface area is 102 Å². The van der Waals surface area contributed by atoms with Gasteiger partial charge in [0.2, 0.25) is 0 Å². The number of anilines is 1. The zero-order chi connectivity index (χ0) is 12.5. The molecule has 2 heteroatoms. The molecule has 0 saturated carbocycles. The van der Waals surface area contributed by atoms with E-state index >= 15 is 0 Å². The van der Waals surface area contributed by atoms with Crippen LogP contribution in [0.25, 0.3) is 11.1 Å². The number of aliphatic hydroxyl groups is 1. The van der Waals surface area contributed by atoms with Crippen LogP contribution in [-0.4, -0.2) is 5.11 Å². The van der Waals surface area contributed by atoms with Crippen molar-refractivity contribution < 1.29 is 5.11 Å². The van der Waals surface area contributed by atoms with E-state index in [1.165, 1.54) is 0 Å². The highest BCUT2D eigenvalue weighted by Gasteiger charge is 2.19. The Morgan fingerprint density at radius 2 is 1.53 bits per heavy atom. The Balaban J connectivity index is 2.56. The molecular weight excluding hydrogens is 210 g/mol. The highest BCUT2D eigenvalue weighted by molar-refractivity contribution is 5.69. The first kappa shape index (κ1) is 11.7. The predicted octanol–water partition coefficient (Wildman–Crippen LogP) is 3.16. The second-order valence-electron chi connectivity index (χ2n) is 4.73. The summed E-state index contributed by atoms with van der Waals surface area (Å²) in [5.41, 5.74) is 8.60. The molecule has 0 aliphatic heterocycles. The molecule has 0 heterocycles. The number of hydrogen-bond acceptors (Lipinski definition) is 2. The van der Waals surface area contributed by atoms with Gasteiger partial charge in [-0.2, -0.15) is 0 Å². The molecule has 0 radical (unpaired) electrons. The zero-order valence-corrected chi connectivity index (χ0v) is 10.1. The van der Waals surface area contributed by atoms with Crippen LogP contribution in [0.3, 0.4) is 0 Å². The lowest BCUT2D eigenvalue weighted by molar-refractivity contribution is 0.0792. The summed E-state index contributed by atoms with van der Waals surface area (Å²) in [5.74, 6) is 0. The first-order valence-corrected chi connectivity index (χ1v) is 5.66. The molecule has 0 fully saturated rings. The summed E-state index contributed by atoms with van der Waals surface area (Å²) in [6, 6.07) is 15.6. The van der Waals surface area contributed by atoms with Gasteiger partial charge in [-0.15, -0.1) is 0 Å². The lowest BCUT2D eigenvalue weighted by atomic mass is 9.89. The van der Waals surface area contributed by atoms with Crippen molar-refractivity contribution in [3.63, 3.8) is 0 Å². The van der Waals surface area contributed by atoms with Gasteiger partial charge in [0.15, 0.2) is 0 Å². The van der Waals surface area contributed by atoms with E-state index < -0.39 is 5.60 Å². The van der Waals surface area contributed by atoms with Crippen molar-refractivity contribution in [1.29, 1.82) is 0 Å². The Morgan fingerprint density at radius 3 is 2.12 bits per heavy atom. The first-order chi connectivity index (χ1) is 7.98. The first-order valence-electron chi connectivity index (χ1n) is 5.66. The Hall–Kier alpha value is -1.80. The highest BCUT2D eigenvalue weighted by Crippen LogP contribution is 2.31. The van der Waals surface area contributed by atoms with E-state index in [0.29, 0.717) is 0 Å². The summed E-state index contributed by atoms with van der Waals surface area (Å²) >= 11 is 0. The second kappa shape index (κ2) is 4.22. The summed E-state index contributed by atoms with van der Waals surface area (Å²) in [6.07, 6.45) is 0. The Morgan fingerprint density at radius 1 is 0.941 bits per heavy atom. The molecule has 2 aromatic rings. The van der Waals surface area contributed by atoms with E-state index in [0.717, 1.165) is 22.4 Å². The van der Waals surface area contributed by atoms with E-state index in [2.05, 4.69) is 0 Å². The molecule has 0 atom stereocenters. The van der Waals surface area contributed by atoms with Gasteiger partial charge < -0.3 is 10.8 Å². The summed E-state index contributed by atoms with van der Waals surface area (Å²) in [4.78, 5) is 0. The quantitative estimate of drug-likeness (QED) is 0.774. The SMILES string of the molecule is CC(C)(O)c1ccccc1-c1ccc(N)cc1. The van der Waals surface area contributed by atoms with Crippen molar-refractivity contribution in [3.05, 3.63) is 54.1 Å². The molecule has 0 spiro atoms. The summed E-state index contributed by atoms with van der Waals surface area (Å²) < 4.78 is 0. The van der Waals surface area contributed by atoms with Crippen molar-refractivity contribution in [3.8, 4) is 11.1 Å². The van der Waals surface area contributed by atoms with Crippen molar-refractivity contribution in [2.45, 2.75) is 19.4 Å². The smallest absolute Gasteiger partial charge is 0.0846 e. The molecule has 0 bridgehead atoms. The minimum absolute atomic E-state index is 0.745. The fourth-order valence-corrected chi connectivity index (χ4v) is 1.93. The highest BCUT2D eigenvalue weighted by atomic mass is 16.3. The molecular formula is C15H17NO. The third-order valence-electron chi connectivity index (χ3n) is 2.81. The van der Waals surface area contributed by atoms with Crippen molar-refractivity contribution >= 4 is 5.69 Å². The Kier molecular flexibility index (Phi) is 2.90. The normalized spacial score (nSPS) is 11.5. The minimum Gasteiger partial charge on any atom is -0.399 e. The molecule has 17 heavy (non-hydrogen) atoms. The van der Waals surface area contributed by atoms with Gasteiger partial charge in [-0.05, 0) is 42.7 Å². The number of hydrogen-bond donors (Lipinski definition) is 2. The molecule has 0 unspecified atom stereocenters. The third kappa shape index (κ3) is 2.48. The lowest BCUT2D eigenvalue weighted by Gasteiger charge is -2.21. The van der Waals surface area contributed by atoms with E-state index in [1.54, 1.807) is 13.8 Å². The number of nitrogen functional groups attached to an aromatic ring is 1. The molecule has 0 aliphatic carbocycles. The van der Waals surface area contributed by atoms with Crippen molar-refractivity contribution in [2.24, 2.45) is 0 Å². The average Bonchev–Trinajstić information content (AvgIpc) is 2.29. The van der Waals surface area contributed by atoms with E-state index in [1.807, 2.05) is 48.5 Å². The third-order valence-corrected chi connectivity index (χ3v) is 2.81. The van der Waals surface area contributed by atoms with Gasteiger partial charge in [0.05, 0.1) is 5.60 Å². The number of nitrogens with two attached hydrogens (primary N) is 1. The molecule has 0 aromatic heterocycles.